The van der Waals surface area contributed by atoms with Gasteiger partial charge in [-0.15, -0.1) is 0 Å². The van der Waals surface area contributed by atoms with Crippen LogP contribution >= 0.6 is 11.6 Å². The number of nitrogens with zero attached hydrogens (tertiary/aromatic N) is 15. The molecule has 0 spiro atoms. The number of carbonyl (C=O) groups is 1. The molecule has 0 bridgehead atoms. The highest BCUT2D eigenvalue weighted by molar-refractivity contribution is 6.29. The number of halogens is 1. The minimum absolute atomic E-state index is 0.00716. The van der Waals surface area contributed by atoms with Gasteiger partial charge in [-0.2, -0.15) is 0 Å². The van der Waals surface area contributed by atoms with Gasteiger partial charge in [0.2, 0.25) is 5.91 Å². The number of fused-ring (bicyclic) bond motifs is 1. The Morgan fingerprint density at radius 3 is 2.27 bits per heavy atom. The van der Waals surface area contributed by atoms with Gasteiger partial charge in [0.1, 0.15) is 17.9 Å². The highest BCUT2D eigenvalue weighted by Crippen LogP contribution is 2.36. The van der Waals surface area contributed by atoms with E-state index < -0.39 is 17.9 Å². The summed E-state index contributed by atoms with van der Waals surface area (Å²) in [5, 5.41) is 14.1. The van der Waals surface area contributed by atoms with Crippen LogP contribution in [0.3, 0.4) is 0 Å². The number of carbonyl (C=O) groups excluding carboxylic acids is 1. The second kappa shape index (κ2) is 11.1. The highest BCUT2D eigenvalue weighted by Gasteiger charge is 2.39. The first-order valence-corrected chi connectivity index (χ1v) is 8.73. The third-order valence-electron chi connectivity index (χ3n) is 4.16. The largest absolute Gasteiger partial charge is 0.342 e. The van der Waals surface area contributed by atoms with E-state index in [1.54, 1.807) is 11.0 Å². The molecule has 1 aromatic rings. The molecule has 0 fully saturated rings. The molecular formula is C13H14ClN15O. The van der Waals surface area contributed by atoms with Crippen molar-refractivity contribution in [2.75, 3.05) is 42.6 Å². The van der Waals surface area contributed by atoms with Gasteiger partial charge in [0.25, 0.3) is 0 Å². The van der Waals surface area contributed by atoms with E-state index in [1.165, 1.54) is 11.0 Å². The Kier molecular flexibility index (Phi) is 8.21. The topological polar surface area (TPSA) is 231 Å². The van der Waals surface area contributed by atoms with E-state index in [-0.39, 0.29) is 43.8 Å². The fourth-order valence-corrected chi connectivity index (χ4v) is 3.06. The van der Waals surface area contributed by atoms with Crippen molar-refractivity contribution in [2.45, 2.75) is 6.04 Å². The van der Waals surface area contributed by atoms with Crippen LogP contribution in [0.1, 0.15) is 0 Å². The minimum Gasteiger partial charge on any atom is -0.342 e. The molecule has 0 unspecified atom stereocenters. The third-order valence-corrected chi connectivity index (χ3v) is 4.37. The highest BCUT2D eigenvalue weighted by atomic mass is 35.5. The summed E-state index contributed by atoms with van der Waals surface area (Å²) in [6, 6.07) is 2.02. The lowest BCUT2D eigenvalue weighted by Gasteiger charge is -2.42. The Labute approximate surface area is 173 Å². The zero-order valence-corrected chi connectivity index (χ0v) is 16.1. The van der Waals surface area contributed by atoms with Crippen LogP contribution in [0.25, 0.3) is 41.8 Å². The van der Waals surface area contributed by atoms with Crippen molar-refractivity contribution in [1.29, 1.82) is 0 Å². The van der Waals surface area contributed by atoms with E-state index in [4.69, 9.17) is 33.7 Å². The van der Waals surface area contributed by atoms with E-state index in [0.29, 0.717) is 5.69 Å². The molecule has 1 aromatic heterocycles. The van der Waals surface area contributed by atoms with Gasteiger partial charge in [0.05, 0.1) is 12.2 Å². The number of rotatable bonds is 10. The summed E-state index contributed by atoms with van der Waals surface area (Å²) in [5.41, 5.74) is 35.0. The minimum atomic E-state index is -0.993. The van der Waals surface area contributed by atoms with Crippen molar-refractivity contribution >= 4 is 29.0 Å². The van der Waals surface area contributed by atoms with Crippen molar-refractivity contribution in [3.05, 3.63) is 59.1 Å². The second-order valence-electron chi connectivity index (χ2n) is 5.89. The number of azide groups is 4. The van der Waals surface area contributed by atoms with Crippen molar-refractivity contribution in [2.24, 2.45) is 26.4 Å². The Hall–Kier alpha value is -4.05. The smallest absolute Gasteiger partial charge is 0.250 e. The Morgan fingerprint density at radius 1 is 1.03 bits per heavy atom. The summed E-state index contributed by atoms with van der Waals surface area (Å²) < 4.78 is 0. The van der Waals surface area contributed by atoms with Gasteiger partial charge in [-0.1, -0.05) is 32.1 Å². The SMILES string of the molecule is [N-]=[N+]=NCC(CN=[N+]=[N-])CN1c2nc(Cl)ccc2N(CN=[N+]=[N-])C(=O)[C@H]1CN=[N+]=[N-]. The van der Waals surface area contributed by atoms with E-state index >= 15 is 0 Å². The molecule has 0 aromatic carbocycles. The summed E-state index contributed by atoms with van der Waals surface area (Å²) in [5.74, 6) is -0.673. The molecule has 154 valence electrons. The molecule has 0 aliphatic carbocycles. The van der Waals surface area contributed by atoms with Crippen LogP contribution in [0.5, 0.6) is 0 Å². The first-order valence-electron chi connectivity index (χ1n) is 8.35. The molecule has 0 radical (unpaired) electrons. The average Bonchev–Trinajstić information content (AvgIpc) is 2.75. The summed E-state index contributed by atoms with van der Waals surface area (Å²) in [4.78, 5) is 30.9. The number of hydrogen-bond donors (Lipinski definition) is 0. The standard InChI is InChI=1S/C13H14ClN15O/c14-11-2-1-9-12(23-11)28(6-8(3-19-24-15)4-20-25-16)10(5-21-26-17)13(30)29(9)7-22-27-18/h1-2,8,10H,3-7H2/t10-/m1/s1. The average molecular weight is 432 g/mol. The van der Waals surface area contributed by atoms with Crippen molar-refractivity contribution in [1.82, 2.24) is 4.98 Å². The molecule has 30 heavy (non-hydrogen) atoms. The summed E-state index contributed by atoms with van der Waals surface area (Å²) in [6.07, 6.45) is 0. The number of anilines is 2. The van der Waals surface area contributed by atoms with Gasteiger partial charge in [-0.3, -0.25) is 4.79 Å². The van der Waals surface area contributed by atoms with E-state index in [9.17, 15) is 4.79 Å². The molecule has 0 saturated carbocycles. The van der Waals surface area contributed by atoms with E-state index in [1.807, 2.05) is 0 Å². The van der Waals surface area contributed by atoms with E-state index in [2.05, 4.69) is 45.1 Å². The zero-order valence-electron chi connectivity index (χ0n) is 15.3. The van der Waals surface area contributed by atoms with Gasteiger partial charge in [-0.05, 0) is 40.2 Å². The van der Waals surface area contributed by atoms with Crippen molar-refractivity contribution < 1.29 is 4.79 Å². The molecule has 2 heterocycles. The lowest BCUT2D eigenvalue weighted by molar-refractivity contribution is -0.120. The van der Waals surface area contributed by atoms with Crippen LogP contribution in [0.4, 0.5) is 11.5 Å². The third kappa shape index (κ3) is 5.26. The van der Waals surface area contributed by atoms with Crippen LogP contribution in [0, 0.1) is 5.92 Å². The van der Waals surface area contributed by atoms with Crippen LogP contribution in [-0.2, 0) is 4.79 Å². The molecule has 1 atom stereocenters. The predicted octanol–water partition coefficient (Wildman–Crippen LogP) is 4.07. The van der Waals surface area contributed by atoms with Crippen LogP contribution in [0.2, 0.25) is 5.15 Å². The molecule has 0 saturated heterocycles. The fraction of sp³-hybridized carbons (Fsp3) is 0.538. The van der Waals surface area contributed by atoms with E-state index in [0.717, 1.165) is 0 Å². The second-order valence-corrected chi connectivity index (χ2v) is 6.28. The number of hydrogen-bond acceptors (Lipinski definition) is 7. The normalized spacial score (nSPS) is 15.6. The van der Waals surface area contributed by atoms with Gasteiger partial charge in [-0.25, -0.2) is 4.98 Å². The maximum Gasteiger partial charge on any atom is 0.250 e. The Bertz CT molecular complexity index is 966. The number of amides is 1. The summed E-state index contributed by atoms with van der Waals surface area (Å²) in [6.45, 7) is -0.469. The lowest BCUT2D eigenvalue weighted by Crippen LogP contribution is -2.56. The molecule has 0 N–H and O–H groups in total. The van der Waals surface area contributed by atoms with Crippen molar-refractivity contribution in [3.8, 4) is 0 Å². The first kappa shape index (κ1) is 22.2. The number of pyridine rings is 1. The Balaban J connectivity index is 2.56. The van der Waals surface area contributed by atoms with Gasteiger partial charge >= 0.3 is 0 Å². The molecule has 16 nitrogen and oxygen atoms in total. The number of aromatic nitrogens is 1. The van der Waals surface area contributed by atoms with Gasteiger partial charge < -0.3 is 9.80 Å². The first-order chi connectivity index (χ1) is 14.6. The molecule has 1 aliphatic rings. The maximum absolute atomic E-state index is 13.1. The molecule has 1 aliphatic heterocycles. The van der Waals surface area contributed by atoms with Gasteiger partial charge in [0.15, 0.2) is 5.82 Å². The lowest BCUT2D eigenvalue weighted by atomic mass is 10.0. The van der Waals surface area contributed by atoms with Gasteiger partial charge in [0, 0.05) is 39.3 Å². The summed E-state index contributed by atoms with van der Waals surface area (Å²) >= 11 is 6.05. The quantitative estimate of drug-likeness (QED) is 0.230. The molecule has 2 rings (SSSR count). The predicted molar refractivity (Wildman–Crippen MR) is 107 cm³/mol. The zero-order chi connectivity index (χ0) is 21.9. The maximum atomic E-state index is 13.1. The van der Waals surface area contributed by atoms with Crippen molar-refractivity contribution in [3.63, 3.8) is 0 Å². The summed E-state index contributed by atoms with van der Waals surface area (Å²) in [7, 11) is 0. The Morgan fingerprint density at radius 2 is 1.67 bits per heavy atom. The van der Waals surface area contributed by atoms with Crippen LogP contribution in [0.15, 0.2) is 32.6 Å². The van der Waals surface area contributed by atoms with Crippen LogP contribution < -0.4 is 9.80 Å². The fourth-order valence-electron chi connectivity index (χ4n) is 2.92. The molecule has 1 amide bonds. The molecule has 17 heteroatoms. The monoisotopic (exact) mass is 431 g/mol. The van der Waals surface area contributed by atoms with Crippen LogP contribution in [-0.4, -0.2) is 49.8 Å². The molecular weight excluding hydrogens is 418 g/mol.